The highest BCUT2D eigenvalue weighted by atomic mass is 32.3. The van der Waals surface area contributed by atoms with Crippen LogP contribution < -0.4 is 11.4 Å². The fourth-order valence-corrected chi connectivity index (χ4v) is 0.309. The Labute approximate surface area is 76.2 Å². The van der Waals surface area contributed by atoms with Crippen molar-refractivity contribution in [2.75, 3.05) is 6.61 Å². The zero-order valence-corrected chi connectivity index (χ0v) is 7.86. The monoisotopic (exact) mass is 218 g/mol. The van der Waals surface area contributed by atoms with Crippen molar-refractivity contribution in [1.82, 2.24) is 5.48 Å². The zero-order valence-electron chi connectivity index (χ0n) is 7.04. The Kier molecular flexibility index (Phi) is 9.72. The molecular formula is C4H14N2O6S. The molecule has 0 heterocycles. The van der Waals surface area contributed by atoms with Gasteiger partial charge in [-0.25, -0.2) is 11.4 Å². The van der Waals surface area contributed by atoms with Crippen molar-refractivity contribution < 1.29 is 27.6 Å². The molecule has 0 fully saturated rings. The van der Waals surface area contributed by atoms with Crippen LogP contribution >= 0.6 is 0 Å². The van der Waals surface area contributed by atoms with Crippen molar-refractivity contribution in [3.05, 3.63) is 0 Å². The van der Waals surface area contributed by atoms with E-state index in [1.807, 2.05) is 6.92 Å². The van der Waals surface area contributed by atoms with Crippen LogP contribution in [0.4, 0.5) is 0 Å². The Balaban J connectivity index is 0. The Bertz CT molecular complexity index is 185. The lowest BCUT2D eigenvalue weighted by atomic mass is 10.3. The summed E-state index contributed by atoms with van der Waals surface area (Å²) in [6, 6.07) is 0.0542. The van der Waals surface area contributed by atoms with Gasteiger partial charge in [0.1, 0.15) is 0 Å². The number of nitrogens with one attached hydrogen (secondary N) is 1. The van der Waals surface area contributed by atoms with Gasteiger partial charge in [-0.1, -0.05) is 0 Å². The molecular weight excluding hydrogens is 204 g/mol. The lowest BCUT2D eigenvalue weighted by Crippen LogP contribution is -2.24. The van der Waals surface area contributed by atoms with Gasteiger partial charge in [0.25, 0.3) is 0 Å². The summed E-state index contributed by atoms with van der Waals surface area (Å²) in [5.41, 5.74) is 2.06. The summed E-state index contributed by atoms with van der Waals surface area (Å²) in [7, 11) is -4.67. The number of hydrogen-bond acceptors (Lipinski definition) is 6. The van der Waals surface area contributed by atoms with Gasteiger partial charge in [-0.05, 0) is 13.3 Å². The van der Waals surface area contributed by atoms with E-state index >= 15 is 0 Å². The molecule has 0 aromatic rings. The molecule has 0 rings (SSSR count). The molecule has 0 aromatic carbocycles. The summed E-state index contributed by atoms with van der Waals surface area (Å²) in [6.45, 7) is 2.30. The molecule has 6 N–H and O–H groups in total. The Hall–Kier alpha value is -0.290. The Morgan fingerprint density at radius 2 is 1.92 bits per heavy atom. The summed E-state index contributed by atoms with van der Waals surface area (Å²) >= 11 is 0. The average Bonchev–Trinajstić information content (AvgIpc) is 1.97. The van der Waals surface area contributed by atoms with Gasteiger partial charge in [0.05, 0.1) is 6.61 Å². The van der Waals surface area contributed by atoms with Gasteiger partial charge >= 0.3 is 10.4 Å². The van der Waals surface area contributed by atoms with E-state index in [0.29, 0.717) is 13.0 Å². The Morgan fingerprint density at radius 1 is 1.54 bits per heavy atom. The van der Waals surface area contributed by atoms with Crippen molar-refractivity contribution in [3.63, 3.8) is 0 Å². The molecule has 8 nitrogen and oxygen atoms in total. The molecule has 0 aliphatic carbocycles. The first kappa shape index (κ1) is 15.2. The molecule has 0 unspecified atom stereocenters. The molecule has 13 heavy (non-hydrogen) atoms. The first-order chi connectivity index (χ1) is 5.81. The van der Waals surface area contributed by atoms with Crippen molar-refractivity contribution in [1.29, 1.82) is 0 Å². The molecule has 0 saturated heterocycles. The SMILES string of the molecule is C[C@@H](CCON)NO.O=S(=O)(O)O. The predicted molar refractivity (Wildman–Crippen MR) is 43.3 cm³/mol. The van der Waals surface area contributed by atoms with Crippen LogP contribution in [0.15, 0.2) is 0 Å². The fraction of sp³-hybridized carbons (Fsp3) is 1.00. The summed E-state index contributed by atoms with van der Waals surface area (Å²) in [5.74, 6) is 4.72. The number of hydroxylamine groups is 1. The molecule has 0 bridgehead atoms. The third-order valence-corrected chi connectivity index (χ3v) is 0.889. The first-order valence-electron chi connectivity index (χ1n) is 3.22. The largest absolute Gasteiger partial charge is 0.394 e. The van der Waals surface area contributed by atoms with Crippen molar-refractivity contribution in [2.24, 2.45) is 5.90 Å². The van der Waals surface area contributed by atoms with E-state index < -0.39 is 10.4 Å². The van der Waals surface area contributed by atoms with Crippen LogP contribution in [0.25, 0.3) is 0 Å². The summed E-state index contributed by atoms with van der Waals surface area (Å²) in [5, 5.41) is 8.22. The molecule has 0 amide bonds. The molecule has 0 saturated carbocycles. The van der Waals surface area contributed by atoms with Crippen LogP contribution in [0.3, 0.4) is 0 Å². The third-order valence-electron chi connectivity index (χ3n) is 0.889. The molecule has 0 aliphatic heterocycles. The second-order valence-corrected chi connectivity index (χ2v) is 3.03. The van der Waals surface area contributed by atoms with E-state index in [1.165, 1.54) is 0 Å². The molecule has 1 atom stereocenters. The van der Waals surface area contributed by atoms with E-state index in [0.717, 1.165) is 0 Å². The van der Waals surface area contributed by atoms with Crippen LogP contribution in [0.5, 0.6) is 0 Å². The smallest absolute Gasteiger partial charge is 0.317 e. The van der Waals surface area contributed by atoms with E-state index in [2.05, 4.69) is 10.3 Å². The van der Waals surface area contributed by atoms with Gasteiger partial charge in [-0.3, -0.25) is 9.11 Å². The molecule has 0 radical (unpaired) electrons. The minimum absolute atomic E-state index is 0.0542. The second-order valence-electron chi connectivity index (χ2n) is 2.14. The van der Waals surface area contributed by atoms with Crippen molar-refractivity contribution in [2.45, 2.75) is 19.4 Å². The number of rotatable bonds is 4. The lowest BCUT2D eigenvalue weighted by Gasteiger charge is -2.05. The van der Waals surface area contributed by atoms with E-state index in [1.54, 1.807) is 0 Å². The number of nitrogens with two attached hydrogens (primary N) is 1. The second kappa shape index (κ2) is 8.31. The highest BCUT2D eigenvalue weighted by Gasteiger charge is 1.95. The highest BCUT2D eigenvalue weighted by Crippen LogP contribution is 1.86. The summed E-state index contributed by atoms with van der Waals surface area (Å²) < 4.78 is 31.6. The molecule has 0 spiro atoms. The topological polar surface area (TPSA) is 142 Å². The quantitative estimate of drug-likeness (QED) is 0.298. The molecule has 9 heteroatoms. The van der Waals surface area contributed by atoms with Crippen LogP contribution in [0, 0.1) is 0 Å². The number of hydrogen-bond donors (Lipinski definition) is 5. The van der Waals surface area contributed by atoms with Crippen LogP contribution in [0.1, 0.15) is 13.3 Å². The van der Waals surface area contributed by atoms with E-state index in [-0.39, 0.29) is 6.04 Å². The van der Waals surface area contributed by atoms with Gasteiger partial charge in [0.2, 0.25) is 0 Å². The van der Waals surface area contributed by atoms with Crippen LogP contribution in [-0.4, -0.2) is 35.4 Å². The summed E-state index contributed by atoms with van der Waals surface area (Å²) in [6.07, 6.45) is 0.715. The van der Waals surface area contributed by atoms with Gasteiger partial charge in [0.15, 0.2) is 0 Å². The standard InChI is InChI=1S/C4H12N2O2.H2O4S/c1-4(6-7)2-3-8-5;1-5(2,3)4/h4,6-7H,2-3,5H2,1H3;(H2,1,2,3,4)/t4-;/m0./s1. The normalized spacial score (nSPS) is 13.0. The summed E-state index contributed by atoms with van der Waals surface area (Å²) in [4.78, 5) is 4.26. The predicted octanol–water partition coefficient (Wildman–Crippen LogP) is -1.02. The highest BCUT2D eigenvalue weighted by molar-refractivity contribution is 7.79. The van der Waals surface area contributed by atoms with E-state index in [9.17, 15) is 0 Å². The minimum atomic E-state index is -4.67. The lowest BCUT2D eigenvalue weighted by molar-refractivity contribution is 0.0882. The maximum Gasteiger partial charge on any atom is 0.394 e. The maximum absolute atomic E-state index is 8.74. The van der Waals surface area contributed by atoms with Crippen molar-refractivity contribution >= 4 is 10.4 Å². The fourth-order valence-electron chi connectivity index (χ4n) is 0.309. The van der Waals surface area contributed by atoms with Crippen LogP contribution in [0.2, 0.25) is 0 Å². The first-order valence-corrected chi connectivity index (χ1v) is 4.62. The molecule has 82 valence electrons. The minimum Gasteiger partial charge on any atom is -0.317 e. The van der Waals surface area contributed by atoms with Crippen LogP contribution in [-0.2, 0) is 15.2 Å². The zero-order chi connectivity index (χ0) is 10.9. The average molecular weight is 218 g/mol. The van der Waals surface area contributed by atoms with Gasteiger partial charge in [0, 0.05) is 6.04 Å². The van der Waals surface area contributed by atoms with Gasteiger partial charge < -0.3 is 10.0 Å². The van der Waals surface area contributed by atoms with Crippen molar-refractivity contribution in [3.8, 4) is 0 Å². The van der Waals surface area contributed by atoms with Gasteiger partial charge in [-0.2, -0.15) is 8.42 Å². The van der Waals surface area contributed by atoms with E-state index in [4.69, 9.17) is 28.6 Å². The third kappa shape index (κ3) is 33.9. The molecule has 0 aromatic heterocycles. The Morgan fingerprint density at radius 3 is 2.15 bits per heavy atom. The van der Waals surface area contributed by atoms with Gasteiger partial charge in [-0.15, -0.1) is 0 Å². The maximum atomic E-state index is 8.74. The molecule has 0 aliphatic rings.